The van der Waals surface area contributed by atoms with Crippen molar-refractivity contribution in [2.45, 2.75) is 19.4 Å². The van der Waals surface area contributed by atoms with Crippen molar-refractivity contribution in [2.75, 3.05) is 6.54 Å². The Bertz CT molecular complexity index is 684. The van der Waals surface area contributed by atoms with E-state index in [-0.39, 0.29) is 17.2 Å². The van der Waals surface area contributed by atoms with Gasteiger partial charge < -0.3 is 10.0 Å². The summed E-state index contributed by atoms with van der Waals surface area (Å²) in [5.74, 6) is -0.200. The molecule has 0 atom stereocenters. The van der Waals surface area contributed by atoms with E-state index in [1.54, 1.807) is 11.0 Å². The summed E-state index contributed by atoms with van der Waals surface area (Å²) in [6.07, 6.45) is 1.89. The maximum Gasteiger partial charge on any atom is 0.257 e. The molecule has 0 spiro atoms. The number of amides is 1. The highest BCUT2D eigenvalue weighted by atomic mass is 35.5. The van der Waals surface area contributed by atoms with Crippen LogP contribution in [0, 0.1) is 0 Å². The third kappa shape index (κ3) is 2.88. The molecule has 0 aromatic heterocycles. The number of hydrogen-bond acceptors (Lipinski definition) is 2. The van der Waals surface area contributed by atoms with Gasteiger partial charge in [0.2, 0.25) is 0 Å². The summed E-state index contributed by atoms with van der Waals surface area (Å²) < 4.78 is 0. The average molecular weight is 302 g/mol. The number of halogens is 1. The predicted octanol–water partition coefficient (Wildman–Crippen LogP) is 3.63. The molecule has 1 aliphatic rings. The van der Waals surface area contributed by atoms with Crippen LogP contribution in [0.2, 0.25) is 5.02 Å². The Morgan fingerprint density at radius 1 is 1.14 bits per heavy atom. The van der Waals surface area contributed by atoms with Gasteiger partial charge >= 0.3 is 0 Å². The summed E-state index contributed by atoms with van der Waals surface area (Å²) in [6.45, 7) is 1.25. The van der Waals surface area contributed by atoms with Gasteiger partial charge in [-0.05, 0) is 42.2 Å². The fraction of sp³-hybridized carbons (Fsp3) is 0.235. The highest BCUT2D eigenvalue weighted by Gasteiger charge is 2.22. The number of nitrogens with zero attached hydrogens (tertiary/aromatic N) is 1. The van der Waals surface area contributed by atoms with E-state index in [0.717, 1.165) is 12.8 Å². The number of hydrogen-bond donors (Lipinski definition) is 1. The zero-order chi connectivity index (χ0) is 14.8. The van der Waals surface area contributed by atoms with Crippen molar-refractivity contribution < 1.29 is 9.90 Å². The van der Waals surface area contributed by atoms with Crippen molar-refractivity contribution >= 4 is 17.5 Å². The van der Waals surface area contributed by atoms with Crippen LogP contribution in [0.25, 0.3) is 0 Å². The summed E-state index contributed by atoms with van der Waals surface area (Å²) in [7, 11) is 0. The van der Waals surface area contributed by atoms with Crippen LogP contribution in [0.3, 0.4) is 0 Å². The van der Waals surface area contributed by atoms with Gasteiger partial charge in [-0.1, -0.05) is 35.9 Å². The van der Waals surface area contributed by atoms with Crippen molar-refractivity contribution in [3.05, 3.63) is 64.2 Å². The maximum atomic E-state index is 12.6. The molecule has 2 aromatic rings. The maximum absolute atomic E-state index is 12.6. The smallest absolute Gasteiger partial charge is 0.257 e. The number of phenolic OH excluding ortho intramolecular Hbond substituents is 1. The number of carbonyl (C=O) groups is 1. The normalized spacial score (nSPS) is 14.4. The first-order chi connectivity index (χ1) is 10.1. The van der Waals surface area contributed by atoms with Gasteiger partial charge in [0, 0.05) is 18.1 Å². The fourth-order valence-corrected chi connectivity index (χ4v) is 2.90. The fourth-order valence-electron chi connectivity index (χ4n) is 2.72. The van der Waals surface area contributed by atoms with E-state index in [0.29, 0.717) is 18.1 Å². The van der Waals surface area contributed by atoms with Gasteiger partial charge in [-0.2, -0.15) is 0 Å². The average Bonchev–Trinajstić information content (AvgIpc) is 2.71. The molecular weight excluding hydrogens is 286 g/mol. The Hall–Kier alpha value is -2.00. The van der Waals surface area contributed by atoms with Gasteiger partial charge in [-0.3, -0.25) is 4.79 Å². The molecule has 1 aliphatic heterocycles. The first kappa shape index (κ1) is 14.0. The molecule has 4 heteroatoms. The van der Waals surface area contributed by atoms with Crippen LogP contribution in [-0.2, 0) is 13.0 Å². The van der Waals surface area contributed by atoms with Gasteiger partial charge in [-0.15, -0.1) is 0 Å². The molecule has 2 aromatic carbocycles. The lowest BCUT2D eigenvalue weighted by Gasteiger charge is -2.21. The van der Waals surface area contributed by atoms with Crippen LogP contribution in [0.15, 0.2) is 42.5 Å². The van der Waals surface area contributed by atoms with E-state index in [1.807, 2.05) is 12.1 Å². The van der Waals surface area contributed by atoms with Crippen LogP contribution in [-0.4, -0.2) is 22.5 Å². The first-order valence-electron chi connectivity index (χ1n) is 7.00. The molecule has 3 rings (SSSR count). The number of aromatic hydroxyl groups is 1. The molecule has 0 unspecified atom stereocenters. The third-order valence-corrected chi connectivity index (χ3v) is 4.07. The van der Waals surface area contributed by atoms with Crippen molar-refractivity contribution in [1.82, 2.24) is 4.90 Å². The number of phenols is 1. The van der Waals surface area contributed by atoms with Crippen LogP contribution >= 0.6 is 11.6 Å². The Labute approximate surface area is 128 Å². The minimum absolute atomic E-state index is 0.0260. The second-order valence-electron chi connectivity index (χ2n) is 5.26. The predicted molar refractivity (Wildman–Crippen MR) is 82.6 cm³/mol. The number of carbonyl (C=O) groups excluding carboxylic acids is 1. The minimum atomic E-state index is -0.174. The summed E-state index contributed by atoms with van der Waals surface area (Å²) in [5.41, 5.74) is 2.73. The molecule has 1 N–H and O–H groups in total. The van der Waals surface area contributed by atoms with Gasteiger partial charge in [0.25, 0.3) is 5.91 Å². The van der Waals surface area contributed by atoms with Gasteiger partial charge in [0.05, 0.1) is 5.56 Å². The quantitative estimate of drug-likeness (QED) is 0.873. The van der Waals surface area contributed by atoms with E-state index in [2.05, 4.69) is 12.1 Å². The molecular formula is C17H16ClNO2. The Kier molecular flexibility index (Phi) is 3.84. The summed E-state index contributed by atoms with van der Waals surface area (Å²) >= 11 is 5.93. The Morgan fingerprint density at radius 3 is 2.71 bits per heavy atom. The van der Waals surface area contributed by atoms with Crippen LogP contribution < -0.4 is 0 Å². The summed E-state index contributed by atoms with van der Waals surface area (Å²) in [6, 6.07) is 12.7. The minimum Gasteiger partial charge on any atom is -0.507 e. The van der Waals surface area contributed by atoms with E-state index in [1.165, 1.54) is 23.3 Å². The number of benzene rings is 2. The monoisotopic (exact) mass is 301 g/mol. The van der Waals surface area contributed by atoms with Crippen molar-refractivity contribution in [3.63, 3.8) is 0 Å². The lowest BCUT2D eigenvalue weighted by molar-refractivity contribution is 0.0743. The Balaban J connectivity index is 1.90. The zero-order valence-electron chi connectivity index (χ0n) is 11.6. The summed E-state index contributed by atoms with van der Waals surface area (Å²) in [5, 5.41) is 10.3. The molecule has 21 heavy (non-hydrogen) atoms. The number of fused-ring (bicyclic) bond motifs is 1. The number of rotatable bonds is 1. The largest absolute Gasteiger partial charge is 0.507 e. The standard InChI is InChI=1S/C17H16ClNO2/c18-14-7-8-16(20)15(10-14)17(21)19-9-3-6-12-4-1-2-5-13(12)11-19/h1-2,4-5,7-8,10,20H,3,6,9,11H2. The van der Waals surface area contributed by atoms with E-state index in [4.69, 9.17) is 11.6 Å². The second kappa shape index (κ2) is 5.78. The highest BCUT2D eigenvalue weighted by Crippen LogP contribution is 2.25. The number of aryl methyl sites for hydroxylation is 1. The van der Waals surface area contributed by atoms with Gasteiger partial charge in [0.1, 0.15) is 5.75 Å². The molecule has 1 heterocycles. The third-order valence-electron chi connectivity index (χ3n) is 3.83. The van der Waals surface area contributed by atoms with Crippen molar-refractivity contribution in [3.8, 4) is 5.75 Å². The highest BCUT2D eigenvalue weighted by molar-refractivity contribution is 6.31. The Morgan fingerprint density at radius 2 is 1.90 bits per heavy atom. The molecule has 3 nitrogen and oxygen atoms in total. The summed E-state index contributed by atoms with van der Waals surface area (Å²) in [4.78, 5) is 14.4. The van der Waals surface area contributed by atoms with Crippen molar-refractivity contribution in [1.29, 1.82) is 0 Å². The van der Waals surface area contributed by atoms with Crippen LogP contribution in [0.5, 0.6) is 5.75 Å². The molecule has 108 valence electrons. The lowest BCUT2D eigenvalue weighted by Crippen LogP contribution is -2.30. The molecule has 0 fully saturated rings. The molecule has 0 saturated carbocycles. The van der Waals surface area contributed by atoms with E-state index >= 15 is 0 Å². The SMILES string of the molecule is O=C(c1cc(Cl)ccc1O)N1CCCc2ccccc2C1. The van der Waals surface area contributed by atoms with Crippen LogP contribution in [0.4, 0.5) is 0 Å². The first-order valence-corrected chi connectivity index (χ1v) is 7.37. The van der Waals surface area contributed by atoms with Gasteiger partial charge in [0.15, 0.2) is 0 Å². The van der Waals surface area contributed by atoms with Crippen LogP contribution in [0.1, 0.15) is 27.9 Å². The molecule has 0 saturated heterocycles. The van der Waals surface area contributed by atoms with Crippen molar-refractivity contribution in [2.24, 2.45) is 0 Å². The lowest BCUT2D eigenvalue weighted by atomic mass is 10.0. The topological polar surface area (TPSA) is 40.5 Å². The molecule has 0 aliphatic carbocycles. The zero-order valence-corrected chi connectivity index (χ0v) is 12.3. The molecule has 1 amide bonds. The van der Waals surface area contributed by atoms with Gasteiger partial charge in [-0.25, -0.2) is 0 Å². The molecule has 0 bridgehead atoms. The van der Waals surface area contributed by atoms with E-state index in [9.17, 15) is 9.90 Å². The second-order valence-corrected chi connectivity index (χ2v) is 5.70. The van der Waals surface area contributed by atoms with E-state index < -0.39 is 0 Å². The molecule has 0 radical (unpaired) electrons.